The Morgan fingerprint density at radius 1 is 1.20 bits per heavy atom. The minimum atomic E-state index is 0.468. The summed E-state index contributed by atoms with van der Waals surface area (Å²) in [5, 5.41) is 0. The third-order valence-corrected chi connectivity index (χ3v) is 4.83. The van der Waals surface area contributed by atoms with Crippen LogP contribution in [0, 0.1) is 11.3 Å². The molecule has 0 aliphatic carbocycles. The van der Waals surface area contributed by atoms with E-state index in [4.69, 9.17) is 4.74 Å². The van der Waals surface area contributed by atoms with Crippen molar-refractivity contribution in [2.75, 3.05) is 19.7 Å². The maximum Gasteiger partial charge on any atom is 0.0578 e. The fraction of sp³-hybridized carbons (Fsp3) is 1.00. The Labute approximate surface area is 94.0 Å². The van der Waals surface area contributed by atoms with Crippen molar-refractivity contribution >= 4 is 0 Å². The van der Waals surface area contributed by atoms with Gasteiger partial charge in [-0.05, 0) is 52.6 Å². The molecule has 0 saturated carbocycles. The number of ether oxygens (including phenoxy) is 1. The maximum absolute atomic E-state index is 5.84. The molecule has 2 heteroatoms. The first-order chi connectivity index (χ1) is 7.05. The second-order valence-electron chi connectivity index (χ2n) is 5.80. The van der Waals surface area contributed by atoms with E-state index in [9.17, 15) is 0 Å². The highest BCUT2D eigenvalue weighted by atomic mass is 16.5. The molecule has 2 saturated heterocycles. The Morgan fingerprint density at radius 3 is 2.20 bits per heavy atom. The average molecular weight is 211 g/mol. The van der Waals surface area contributed by atoms with Gasteiger partial charge in [-0.25, -0.2) is 0 Å². The molecule has 2 nitrogen and oxygen atoms in total. The number of hydrogen-bond acceptors (Lipinski definition) is 2. The van der Waals surface area contributed by atoms with Crippen LogP contribution in [0.2, 0.25) is 0 Å². The van der Waals surface area contributed by atoms with Crippen LogP contribution in [0.3, 0.4) is 0 Å². The molecule has 0 N–H and O–H groups in total. The predicted octanol–water partition coefficient (Wildman–Crippen LogP) is 2.53. The molecule has 0 bridgehead atoms. The van der Waals surface area contributed by atoms with E-state index in [1.807, 2.05) is 0 Å². The van der Waals surface area contributed by atoms with Gasteiger partial charge in [0.05, 0.1) is 12.7 Å². The summed E-state index contributed by atoms with van der Waals surface area (Å²) in [6, 6.07) is 0.706. The fourth-order valence-electron chi connectivity index (χ4n) is 3.16. The maximum atomic E-state index is 5.84. The zero-order valence-electron chi connectivity index (χ0n) is 10.6. The molecule has 0 aromatic rings. The van der Waals surface area contributed by atoms with E-state index in [1.165, 1.54) is 25.9 Å². The summed E-state index contributed by atoms with van der Waals surface area (Å²) < 4.78 is 5.84. The summed E-state index contributed by atoms with van der Waals surface area (Å²) in [7, 11) is 0. The molecule has 2 atom stereocenters. The van der Waals surface area contributed by atoms with Crippen LogP contribution in [0.4, 0.5) is 0 Å². The largest absolute Gasteiger partial charge is 0.378 e. The number of nitrogens with zero attached hydrogens (tertiary/aromatic N) is 1. The smallest absolute Gasteiger partial charge is 0.0578 e. The summed E-state index contributed by atoms with van der Waals surface area (Å²) in [6.45, 7) is 12.7. The SMILES string of the molecule is CC(C)N1CCC2(CC1)CO[C@@H](C)[C@H]2C. The molecular formula is C13H25NO. The molecule has 0 aromatic carbocycles. The lowest BCUT2D eigenvalue weighted by Crippen LogP contribution is -2.46. The molecule has 0 unspecified atom stereocenters. The lowest BCUT2D eigenvalue weighted by Gasteiger charge is -2.43. The van der Waals surface area contributed by atoms with Crippen LogP contribution < -0.4 is 0 Å². The Morgan fingerprint density at radius 2 is 1.80 bits per heavy atom. The van der Waals surface area contributed by atoms with Gasteiger partial charge in [0.2, 0.25) is 0 Å². The Kier molecular flexibility index (Phi) is 3.09. The van der Waals surface area contributed by atoms with E-state index in [1.54, 1.807) is 0 Å². The molecule has 88 valence electrons. The van der Waals surface area contributed by atoms with Crippen molar-refractivity contribution < 1.29 is 4.74 Å². The van der Waals surface area contributed by atoms with E-state index in [2.05, 4.69) is 32.6 Å². The van der Waals surface area contributed by atoms with Gasteiger partial charge in [0.1, 0.15) is 0 Å². The van der Waals surface area contributed by atoms with Crippen LogP contribution in [-0.4, -0.2) is 36.7 Å². The average Bonchev–Trinajstić information content (AvgIpc) is 2.48. The highest BCUT2D eigenvalue weighted by Crippen LogP contribution is 2.46. The second-order valence-corrected chi connectivity index (χ2v) is 5.80. The molecule has 0 aromatic heterocycles. The van der Waals surface area contributed by atoms with Crippen molar-refractivity contribution in [1.29, 1.82) is 0 Å². The molecule has 2 aliphatic rings. The molecule has 2 aliphatic heterocycles. The fourth-order valence-corrected chi connectivity index (χ4v) is 3.16. The Bertz CT molecular complexity index is 219. The lowest BCUT2D eigenvalue weighted by atomic mass is 9.70. The third-order valence-electron chi connectivity index (χ3n) is 4.83. The lowest BCUT2D eigenvalue weighted by molar-refractivity contribution is 0.0513. The zero-order valence-corrected chi connectivity index (χ0v) is 10.6. The predicted molar refractivity (Wildman–Crippen MR) is 63.0 cm³/mol. The van der Waals surface area contributed by atoms with Crippen molar-refractivity contribution in [3.63, 3.8) is 0 Å². The van der Waals surface area contributed by atoms with Gasteiger partial charge in [-0.1, -0.05) is 6.92 Å². The van der Waals surface area contributed by atoms with Gasteiger partial charge >= 0.3 is 0 Å². The number of rotatable bonds is 1. The molecule has 0 amide bonds. The van der Waals surface area contributed by atoms with Gasteiger partial charge in [0.15, 0.2) is 0 Å². The summed E-state index contributed by atoms with van der Waals surface area (Å²) in [5.74, 6) is 0.742. The van der Waals surface area contributed by atoms with Crippen LogP contribution in [-0.2, 0) is 4.74 Å². The highest BCUT2D eigenvalue weighted by molar-refractivity contribution is 4.96. The van der Waals surface area contributed by atoms with Crippen LogP contribution in [0.1, 0.15) is 40.5 Å². The third kappa shape index (κ3) is 1.94. The van der Waals surface area contributed by atoms with E-state index in [0.717, 1.165) is 12.5 Å². The molecule has 15 heavy (non-hydrogen) atoms. The van der Waals surface area contributed by atoms with Crippen LogP contribution in [0.15, 0.2) is 0 Å². The van der Waals surface area contributed by atoms with Gasteiger partial charge in [-0.15, -0.1) is 0 Å². The Hall–Kier alpha value is -0.0800. The van der Waals surface area contributed by atoms with Gasteiger partial charge in [0, 0.05) is 11.5 Å². The first-order valence-corrected chi connectivity index (χ1v) is 6.41. The van der Waals surface area contributed by atoms with Crippen LogP contribution >= 0.6 is 0 Å². The van der Waals surface area contributed by atoms with E-state index in [-0.39, 0.29) is 0 Å². The Balaban J connectivity index is 1.98. The summed E-state index contributed by atoms with van der Waals surface area (Å²) >= 11 is 0. The number of piperidine rings is 1. The minimum absolute atomic E-state index is 0.468. The van der Waals surface area contributed by atoms with E-state index >= 15 is 0 Å². The van der Waals surface area contributed by atoms with Gasteiger partial charge in [-0.2, -0.15) is 0 Å². The van der Waals surface area contributed by atoms with E-state index in [0.29, 0.717) is 17.6 Å². The number of hydrogen-bond donors (Lipinski definition) is 0. The molecular weight excluding hydrogens is 186 g/mol. The second kappa shape index (κ2) is 4.06. The van der Waals surface area contributed by atoms with Gasteiger partial charge in [0.25, 0.3) is 0 Å². The van der Waals surface area contributed by atoms with Crippen LogP contribution in [0.25, 0.3) is 0 Å². The minimum Gasteiger partial charge on any atom is -0.378 e. The summed E-state index contributed by atoms with van der Waals surface area (Å²) in [4.78, 5) is 2.60. The van der Waals surface area contributed by atoms with Crippen molar-refractivity contribution in [2.24, 2.45) is 11.3 Å². The molecule has 2 rings (SSSR count). The molecule has 1 spiro atoms. The molecule has 0 radical (unpaired) electrons. The van der Waals surface area contributed by atoms with Gasteiger partial charge in [-0.3, -0.25) is 0 Å². The van der Waals surface area contributed by atoms with Crippen LogP contribution in [0.5, 0.6) is 0 Å². The molecule has 2 heterocycles. The van der Waals surface area contributed by atoms with Gasteiger partial charge < -0.3 is 9.64 Å². The zero-order chi connectivity index (χ0) is 11.1. The normalized spacial score (nSPS) is 36.6. The van der Waals surface area contributed by atoms with Crippen molar-refractivity contribution in [3.05, 3.63) is 0 Å². The quantitative estimate of drug-likeness (QED) is 0.661. The number of likely N-dealkylation sites (tertiary alicyclic amines) is 1. The summed E-state index contributed by atoms with van der Waals surface area (Å²) in [5.41, 5.74) is 0.505. The topological polar surface area (TPSA) is 12.5 Å². The van der Waals surface area contributed by atoms with Crippen molar-refractivity contribution in [2.45, 2.75) is 52.7 Å². The van der Waals surface area contributed by atoms with E-state index < -0.39 is 0 Å². The first kappa shape index (κ1) is 11.4. The first-order valence-electron chi connectivity index (χ1n) is 6.41. The molecule has 2 fully saturated rings. The summed E-state index contributed by atoms with van der Waals surface area (Å²) in [6.07, 6.45) is 3.13. The highest BCUT2D eigenvalue weighted by Gasteiger charge is 2.46. The van der Waals surface area contributed by atoms with Crippen molar-refractivity contribution in [1.82, 2.24) is 4.90 Å². The monoisotopic (exact) mass is 211 g/mol. The van der Waals surface area contributed by atoms with Crippen molar-refractivity contribution in [3.8, 4) is 0 Å². The standard InChI is InChI=1S/C13H25NO/c1-10(2)14-7-5-13(6-8-14)9-15-12(4)11(13)3/h10-12H,5-9H2,1-4H3/t11-,12+/m1/s1.